The summed E-state index contributed by atoms with van der Waals surface area (Å²) in [4.78, 5) is 11.8. The van der Waals surface area contributed by atoms with Crippen LogP contribution in [0.5, 0.6) is 0 Å². The summed E-state index contributed by atoms with van der Waals surface area (Å²) in [5, 5.41) is 9.05. The lowest BCUT2D eigenvalue weighted by Crippen LogP contribution is -2.25. The molecule has 1 aromatic heterocycles. The molecule has 1 heterocycles. The predicted octanol–water partition coefficient (Wildman–Crippen LogP) is 1.51. The molecule has 21 heavy (non-hydrogen) atoms. The first-order valence-electron chi connectivity index (χ1n) is 6.00. The number of nitrogens with two attached hydrogens (primary N) is 1. The summed E-state index contributed by atoms with van der Waals surface area (Å²) in [7, 11) is -3.79. The molecule has 0 fully saturated rings. The van der Waals surface area contributed by atoms with Gasteiger partial charge in [0.15, 0.2) is 0 Å². The lowest BCUT2D eigenvalue weighted by molar-refractivity contribution is 0.0954. The third kappa shape index (κ3) is 4.35. The summed E-state index contributed by atoms with van der Waals surface area (Å²) in [6.07, 6.45) is 0.482. The Bertz CT molecular complexity index is 756. The largest absolute Gasteiger partial charge is 0.352 e. The van der Waals surface area contributed by atoms with Gasteiger partial charge in [0.1, 0.15) is 10.0 Å². The van der Waals surface area contributed by atoms with Crippen molar-refractivity contribution in [2.75, 3.05) is 6.54 Å². The maximum absolute atomic E-state index is 13.0. The van der Waals surface area contributed by atoms with Gasteiger partial charge in [-0.05, 0) is 30.2 Å². The predicted molar refractivity (Wildman–Crippen MR) is 78.1 cm³/mol. The minimum atomic E-state index is -3.79. The van der Waals surface area contributed by atoms with Crippen LogP contribution in [-0.4, -0.2) is 20.9 Å². The molecule has 0 aliphatic carbocycles. The average molecular weight is 328 g/mol. The maximum Gasteiger partial charge on any atom is 0.252 e. The van der Waals surface area contributed by atoms with Crippen LogP contribution >= 0.6 is 11.3 Å². The molecule has 0 aliphatic heterocycles. The highest BCUT2D eigenvalue weighted by Crippen LogP contribution is 2.18. The van der Waals surface area contributed by atoms with Crippen molar-refractivity contribution in [3.05, 3.63) is 52.7 Å². The van der Waals surface area contributed by atoms with E-state index in [0.717, 1.165) is 16.9 Å². The highest BCUT2D eigenvalue weighted by atomic mass is 32.2. The van der Waals surface area contributed by atoms with Gasteiger partial charge in [-0.3, -0.25) is 4.79 Å². The van der Waals surface area contributed by atoms with E-state index in [1.807, 2.05) is 0 Å². The number of halogens is 1. The number of primary sulfonamides is 1. The molecule has 2 aromatic rings. The van der Waals surface area contributed by atoms with Crippen LogP contribution in [0.15, 0.2) is 39.9 Å². The van der Waals surface area contributed by atoms with Crippen LogP contribution in [0.1, 0.15) is 15.9 Å². The Morgan fingerprint density at radius 1 is 1.33 bits per heavy atom. The Kier molecular flexibility index (Phi) is 4.71. The van der Waals surface area contributed by atoms with Crippen molar-refractivity contribution in [3.63, 3.8) is 0 Å². The van der Waals surface area contributed by atoms with E-state index in [4.69, 9.17) is 5.14 Å². The minimum absolute atomic E-state index is 0.0576. The van der Waals surface area contributed by atoms with Crippen LogP contribution in [0.3, 0.4) is 0 Å². The molecular weight excluding hydrogens is 315 g/mol. The number of thiophene rings is 1. The van der Waals surface area contributed by atoms with Crippen LogP contribution in [-0.2, 0) is 16.4 Å². The molecular formula is C13H13FN2O3S2. The normalized spacial score (nSPS) is 11.3. The van der Waals surface area contributed by atoms with Crippen molar-refractivity contribution in [2.45, 2.75) is 10.6 Å². The fourth-order valence-corrected chi connectivity index (χ4v) is 3.29. The number of hydrogen-bond donors (Lipinski definition) is 2. The number of nitrogens with one attached hydrogen (secondary N) is 1. The number of carbonyl (C=O) groups is 1. The van der Waals surface area contributed by atoms with E-state index < -0.39 is 15.9 Å². The summed E-state index contributed by atoms with van der Waals surface area (Å²) < 4.78 is 35.2. The summed E-state index contributed by atoms with van der Waals surface area (Å²) in [5.74, 6) is -0.716. The third-order valence-corrected chi connectivity index (χ3v) is 5.09. The Labute approximate surface area is 125 Å². The van der Waals surface area contributed by atoms with Crippen molar-refractivity contribution < 1.29 is 17.6 Å². The van der Waals surface area contributed by atoms with E-state index >= 15 is 0 Å². The molecule has 5 nitrogen and oxygen atoms in total. The number of rotatable bonds is 5. The van der Waals surface area contributed by atoms with Crippen molar-refractivity contribution >= 4 is 27.3 Å². The summed E-state index contributed by atoms with van der Waals surface area (Å²) in [5.41, 5.74) is 1.01. The minimum Gasteiger partial charge on any atom is -0.352 e. The molecule has 8 heteroatoms. The van der Waals surface area contributed by atoms with Crippen LogP contribution in [0.2, 0.25) is 0 Å². The Hall–Kier alpha value is -1.77. The Balaban J connectivity index is 1.92. The van der Waals surface area contributed by atoms with Gasteiger partial charge in [0.2, 0.25) is 10.0 Å². The molecule has 0 unspecified atom stereocenters. The van der Waals surface area contributed by atoms with Gasteiger partial charge < -0.3 is 5.32 Å². The number of hydrogen-bond acceptors (Lipinski definition) is 4. The fraction of sp³-hybridized carbons (Fsp3) is 0.154. The van der Waals surface area contributed by atoms with Gasteiger partial charge in [0, 0.05) is 11.9 Å². The van der Waals surface area contributed by atoms with E-state index in [0.29, 0.717) is 13.0 Å². The lowest BCUT2D eigenvalue weighted by atomic mass is 10.1. The monoisotopic (exact) mass is 328 g/mol. The first-order chi connectivity index (χ1) is 9.86. The quantitative estimate of drug-likeness (QED) is 0.872. The molecule has 1 aromatic carbocycles. The number of amides is 1. The number of carbonyl (C=O) groups excluding carboxylic acids is 1. The Morgan fingerprint density at radius 2 is 2.10 bits per heavy atom. The standard InChI is InChI=1S/C13H13FN2O3S2/c14-11-3-1-2-9(6-11)4-5-16-13(17)10-7-12(20-8-10)21(15,18)19/h1-3,6-8H,4-5H2,(H,16,17)(H2,15,18,19). The maximum atomic E-state index is 13.0. The van der Waals surface area contributed by atoms with Crippen molar-refractivity contribution in [1.82, 2.24) is 5.32 Å². The van der Waals surface area contributed by atoms with E-state index in [1.54, 1.807) is 12.1 Å². The van der Waals surface area contributed by atoms with Gasteiger partial charge in [-0.25, -0.2) is 17.9 Å². The molecule has 0 saturated carbocycles. The highest BCUT2D eigenvalue weighted by Gasteiger charge is 2.14. The lowest BCUT2D eigenvalue weighted by Gasteiger charge is -2.04. The summed E-state index contributed by atoms with van der Waals surface area (Å²) >= 11 is 0.893. The van der Waals surface area contributed by atoms with Gasteiger partial charge in [0.05, 0.1) is 5.56 Å². The fourth-order valence-electron chi connectivity index (χ4n) is 1.70. The van der Waals surface area contributed by atoms with Crippen LogP contribution in [0.25, 0.3) is 0 Å². The first kappa shape index (κ1) is 15.6. The van der Waals surface area contributed by atoms with Crippen molar-refractivity contribution in [3.8, 4) is 0 Å². The molecule has 2 rings (SSSR count). The molecule has 0 radical (unpaired) electrons. The third-order valence-electron chi connectivity index (χ3n) is 2.71. The van der Waals surface area contributed by atoms with E-state index in [-0.39, 0.29) is 15.6 Å². The van der Waals surface area contributed by atoms with Gasteiger partial charge in [0.25, 0.3) is 5.91 Å². The smallest absolute Gasteiger partial charge is 0.252 e. The van der Waals surface area contributed by atoms with Crippen LogP contribution in [0.4, 0.5) is 4.39 Å². The SMILES string of the molecule is NS(=O)(=O)c1cc(C(=O)NCCc2cccc(F)c2)cs1. The molecule has 0 aliphatic rings. The zero-order valence-electron chi connectivity index (χ0n) is 10.9. The van der Waals surface area contributed by atoms with Crippen LogP contribution in [0, 0.1) is 5.82 Å². The molecule has 0 atom stereocenters. The second-order valence-corrected chi connectivity index (χ2v) is 7.03. The van der Waals surface area contributed by atoms with Gasteiger partial charge in [-0.2, -0.15) is 0 Å². The molecule has 0 spiro atoms. The van der Waals surface area contributed by atoms with Gasteiger partial charge in [-0.1, -0.05) is 12.1 Å². The molecule has 0 saturated heterocycles. The molecule has 112 valence electrons. The topological polar surface area (TPSA) is 89.3 Å². The second kappa shape index (κ2) is 6.33. The zero-order chi connectivity index (χ0) is 15.5. The van der Waals surface area contributed by atoms with Crippen molar-refractivity contribution in [2.24, 2.45) is 5.14 Å². The average Bonchev–Trinajstić information content (AvgIpc) is 2.88. The summed E-state index contributed by atoms with van der Waals surface area (Å²) in [6, 6.07) is 7.35. The highest BCUT2D eigenvalue weighted by molar-refractivity contribution is 7.91. The molecule has 0 bridgehead atoms. The molecule has 3 N–H and O–H groups in total. The Morgan fingerprint density at radius 3 is 2.71 bits per heavy atom. The summed E-state index contributed by atoms with van der Waals surface area (Å²) in [6.45, 7) is 0.322. The van der Waals surface area contributed by atoms with Gasteiger partial charge in [-0.15, -0.1) is 11.3 Å². The van der Waals surface area contributed by atoms with Crippen molar-refractivity contribution in [1.29, 1.82) is 0 Å². The van der Waals surface area contributed by atoms with E-state index in [1.165, 1.54) is 23.6 Å². The van der Waals surface area contributed by atoms with Gasteiger partial charge >= 0.3 is 0 Å². The number of sulfonamides is 1. The molecule has 1 amide bonds. The second-order valence-electron chi connectivity index (χ2n) is 4.34. The first-order valence-corrected chi connectivity index (χ1v) is 8.43. The zero-order valence-corrected chi connectivity index (χ0v) is 12.5. The van der Waals surface area contributed by atoms with E-state index in [2.05, 4.69) is 5.32 Å². The van der Waals surface area contributed by atoms with E-state index in [9.17, 15) is 17.6 Å². The van der Waals surface area contributed by atoms with Crippen LogP contribution < -0.4 is 10.5 Å². The number of benzene rings is 1.